The van der Waals surface area contributed by atoms with Gasteiger partial charge in [-0.15, -0.1) is 0 Å². The van der Waals surface area contributed by atoms with Gasteiger partial charge in [0.25, 0.3) is 0 Å². The summed E-state index contributed by atoms with van der Waals surface area (Å²) in [6.07, 6.45) is 2.08. The van der Waals surface area contributed by atoms with Gasteiger partial charge in [-0.05, 0) is 30.9 Å². The lowest BCUT2D eigenvalue weighted by Gasteiger charge is -2.22. The van der Waals surface area contributed by atoms with Gasteiger partial charge in [0.2, 0.25) is 5.91 Å². The van der Waals surface area contributed by atoms with E-state index < -0.39 is 6.04 Å². The molecule has 0 aliphatic carbocycles. The molecule has 2 N–H and O–H groups in total. The predicted octanol–water partition coefficient (Wildman–Crippen LogP) is 1.31. The summed E-state index contributed by atoms with van der Waals surface area (Å²) in [5.41, 5.74) is 8.27. The lowest BCUT2D eigenvalue weighted by atomic mass is 10.0. The molecule has 1 aliphatic heterocycles. The maximum absolute atomic E-state index is 11.9. The quantitative estimate of drug-likeness (QED) is 0.772. The van der Waals surface area contributed by atoms with Crippen LogP contribution in [0, 0.1) is 0 Å². The highest BCUT2D eigenvalue weighted by molar-refractivity contribution is 5.81. The van der Waals surface area contributed by atoms with Gasteiger partial charge in [-0.1, -0.05) is 24.3 Å². The monoisotopic (exact) mass is 218 g/mol. The van der Waals surface area contributed by atoms with Crippen LogP contribution in [0.1, 0.15) is 24.5 Å². The number of hydrogen-bond donors (Lipinski definition) is 1. The second kappa shape index (κ2) is 4.66. The van der Waals surface area contributed by atoms with Crippen LogP contribution in [0.2, 0.25) is 0 Å². The zero-order valence-electron chi connectivity index (χ0n) is 9.65. The SMILES string of the molecule is C[C@H](N)C(=O)N1CCCc2ccccc2C1. The lowest BCUT2D eigenvalue weighted by molar-refractivity contribution is -0.132. The Bertz CT molecular complexity index is 387. The minimum Gasteiger partial charge on any atom is -0.337 e. The highest BCUT2D eigenvalue weighted by atomic mass is 16.2. The summed E-state index contributed by atoms with van der Waals surface area (Å²) in [6, 6.07) is 7.93. The second-order valence-electron chi connectivity index (χ2n) is 4.42. The molecule has 0 saturated heterocycles. The highest BCUT2D eigenvalue weighted by Gasteiger charge is 2.20. The third-order valence-electron chi connectivity index (χ3n) is 3.05. The van der Waals surface area contributed by atoms with Gasteiger partial charge in [-0.3, -0.25) is 4.79 Å². The number of hydrogen-bond acceptors (Lipinski definition) is 2. The summed E-state index contributed by atoms with van der Waals surface area (Å²) >= 11 is 0. The van der Waals surface area contributed by atoms with E-state index in [1.54, 1.807) is 6.92 Å². The van der Waals surface area contributed by atoms with Crippen molar-refractivity contribution in [3.05, 3.63) is 35.4 Å². The first-order valence-electron chi connectivity index (χ1n) is 5.79. The summed E-state index contributed by atoms with van der Waals surface area (Å²) in [5.74, 6) is 0.0525. The van der Waals surface area contributed by atoms with Gasteiger partial charge in [-0.2, -0.15) is 0 Å². The minimum atomic E-state index is -0.398. The van der Waals surface area contributed by atoms with E-state index in [4.69, 9.17) is 5.73 Å². The fourth-order valence-electron chi connectivity index (χ4n) is 2.18. The van der Waals surface area contributed by atoms with Gasteiger partial charge < -0.3 is 10.6 Å². The summed E-state index contributed by atoms with van der Waals surface area (Å²) in [5, 5.41) is 0. The van der Waals surface area contributed by atoms with Crippen LogP contribution in [0.25, 0.3) is 0 Å². The van der Waals surface area contributed by atoms with Crippen LogP contribution in [0.15, 0.2) is 24.3 Å². The summed E-state index contributed by atoms with van der Waals surface area (Å²) in [6.45, 7) is 3.27. The molecule has 1 aromatic carbocycles. The van der Waals surface area contributed by atoms with Crippen molar-refractivity contribution in [1.29, 1.82) is 0 Å². The van der Waals surface area contributed by atoms with Gasteiger partial charge in [0.05, 0.1) is 6.04 Å². The molecule has 1 aromatic rings. The molecule has 1 amide bonds. The molecule has 0 saturated carbocycles. The Morgan fingerprint density at radius 1 is 1.38 bits per heavy atom. The molecule has 86 valence electrons. The van der Waals surface area contributed by atoms with E-state index in [0.717, 1.165) is 19.4 Å². The molecule has 1 heterocycles. The van der Waals surface area contributed by atoms with E-state index >= 15 is 0 Å². The van der Waals surface area contributed by atoms with Gasteiger partial charge in [0.15, 0.2) is 0 Å². The van der Waals surface area contributed by atoms with Crippen LogP contribution < -0.4 is 5.73 Å². The molecule has 0 radical (unpaired) electrons. The second-order valence-corrected chi connectivity index (χ2v) is 4.42. The Hall–Kier alpha value is -1.35. The van der Waals surface area contributed by atoms with E-state index in [1.165, 1.54) is 11.1 Å². The first-order valence-corrected chi connectivity index (χ1v) is 5.79. The Balaban J connectivity index is 2.20. The number of rotatable bonds is 1. The Labute approximate surface area is 96.2 Å². The standard InChI is InChI=1S/C13H18N2O/c1-10(14)13(16)15-8-4-7-11-5-2-3-6-12(11)9-15/h2-3,5-6,10H,4,7-9,14H2,1H3/t10-/m0/s1. The number of aryl methyl sites for hydroxylation is 1. The highest BCUT2D eigenvalue weighted by Crippen LogP contribution is 2.18. The molecule has 1 aliphatic rings. The number of nitrogens with two attached hydrogens (primary N) is 1. The maximum Gasteiger partial charge on any atom is 0.239 e. The lowest BCUT2D eigenvalue weighted by Crippen LogP contribution is -2.41. The fraction of sp³-hybridized carbons (Fsp3) is 0.462. The van der Waals surface area contributed by atoms with Crippen LogP contribution in [0.3, 0.4) is 0 Å². The van der Waals surface area contributed by atoms with Gasteiger partial charge in [-0.25, -0.2) is 0 Å². The van der Waals surface area contributed by atoms with Crippen LogP contribution in [-0.2, 0) is 17.8 Å². The number of amides is 1. The van der Waals surface area contributed by atoms with Gasteiger partial charge in [0.1, 0.15) is 0 Å². The summed E-state index contributed by atoms with van der Waals surface area (Å²) in [4.78, 5) is 13.7. The van der Waals surface area contributed by atoms with E-state index in [1.807, 2.05) is 11.0 Å². The van der Waals surface area contributed by atoms with Crippen LogP contribution >= 0.6 is 0 Å². The molecule has 3 heteroatoms. The van der Waals surface area contributed by atoms with Gasteiger partial charge >= 0.3 is 0 Å². The van der Waals surface area contributed by atoms with Crippen molar-refractivity contribution < 1.29 is 4.79 Å². The molecule has 0 fully saturated rings. The zero-order chi connectivity index (χ0) is 11.5. The largest absolute Gasteiger partial charge is 0.337 e. The Morgan fingerprint density at radius 2 is 2.06 bits per heavy atom. The third kappa shape index (κ3) is 2.25. The van der Waals surface area contributed by atoms with E-state index in [2.05, 4.69) is 18.2 Å². The van der Waals surface area contributed by atoms with Crippen molar-refractivity contribution in [1.82, 2.24) is 4.90 Å². The molecule has 0 aromatic heterocycles. The Kier molecular flexibility index (Phi) is 3.25. The van der Waals surface area contributed by atoms with Crippen molar-refractivity contribution in [2.75, 3.05) is 6.54 Å². The van der Waals surface area contributed by atoms with Crippen LogP contribution in [0.5, 0.6) is 0 Å². The van der Waals surface area contributed by atoms with Crippen molar-refractivity contribution in [2.45, 2.75) is 32.4 Å². The van der Waals surface area contributed by atoms with E-state index in [9.17, 15) is 4.79 Å². The molecular weight excluding hydrogens is 200 g/mol. The minimum absolute atomic E-state index is 0.0525. The summed E-state index contributed by atoms with van der Waals surface area (Å²) < 4.78 is 0. The normalized spacial score (nSPS) is 17.5. The molecule has 0 unspecified atom stereocenters. The first kappa shape index (κ1) is 11.1. The van der Waals surface area contributed by atoms with E-state index in [-0.39, 0.29) is 5.91 Å². The smallest absolute Gasteiger partial charge is 0.239 e. The van der Waals surface area contributed by atoms with E-state index in [0.29, 0.717) is 6.54 Å². The van der Waals surface area contributed by atoms with Crippen molar-refractivity contribution in [2.24, 2.45) is 5.73 Å². The zero-order valence-corrected chi connectivity index (χ0v) is 9.65. The van der Waals surface area contributed by atoms with Crippen molar-refractivity contribution >= 4 is 5.91 Å². The Morgan fingerprint density at radius 3 is 2.75 bits per heavy atom. The van der Waals surface area contributed by atoms with Crippen molar-refractivity contribution in [3.8, 4) is 0 Å². The number of benzene rings is 1. The average Bonchev–Trinajstić information content (AvgIpc) is 2.49. The topological polar surface area (TPSA) is 46.3 Å². The van der Waals surface area contributed by atoms with Crippen LogP contribution in [0.4, 0.5) is 0 Å². The molecule has 3 nitrogen and oxygen atoms in total. The van der Waals surface area contributed by atoms with Gasteiger partial charge in [0, 0.05) is 13.1 Å². The molecule has 16 heavy (non-hydrogen) atoms. The first-order chi connectivity index (χ1) is 7.68. The molecule has 0 spiro atoms. The molecule has 1 atom stereocenters. The maximum atomic E-state index is 11.9. The molecular formula is C13H18N2O. The number of nitrogens with zero attached hydrogens (tertiary/aromatic N) is 1. The third-order valence-corrected chi connectivity index (χ3v) is 3.05. The average molecular weight is 218 g/mol. The van der Waals surface area contributed by atoms with Crippen molar-refractivity contribution in [3.63, 3.8) is 0 Å². The number of fused-ring (bicyclic) bond motifs is 1. The predicted molar refractivity (Wildman–Crippen MR) is 63.8 cm³/mol. The molecule has 2 rings (SSSR count). The fourth-order valence-corrected chi connectivity index (χ4v) is 2.18. The number of carbonyl (C=O) groups is 1. The van der Waals surface area contributed by atoms with Crippen LogP contribution in [-0.4, -0.2) is 23.4 Å². The summed E-state index contributed by atoms with van der Waals surface area (Å²) in [7, 11) is 0. The molecule has 0 bridgehead atoms. The number of carbonyl (C=O) groups excluding carboxylic acids is 1.